The number of likely N-dealkylation sites (tertiary alicyclic amines) is 1. The molecule has 0 radical (unpaired) electrons. The van der Waals surface area contributed by atoms with E-state index in [1.807, 2.05) is 42.7 Å². The average molecular weight is 423 g/mol. The maximum absolute atomic E-state index is 13.2. The van der Waals surface area contributed by atoms with Crippen molar-refractivity contribution in [2.75, 3.05) is 30.8 Å². The minimum absolute atomic E-state index is 0.0702. The summed E-state index contributed by atoms with van der Waals surface area (Å²) in [6.45, 7) is 1.79. The summed E-state index contributed by atoms with van der Waals surface area (Å²) < 4.78 is 0. The molecular formula is C24H26N2O3S. The Morgan fingerprint density at radius 2 is 1.87 bits per heavy atom. The molecule has 2 aliphatic rings. The molecule has 2 saturated heterocycles. The molecule has 2 aromatic carbocycles. The quantitative estimate of drug-likeness (QED) is 0.533. The number of rotatable bonds is 5. The zero-order valence-corrected chi connectivity index (χ0v) is 18.0. The van der Waals surface area contributed by atoms with Crippen molar-refractivity contribution in [2.45, 2.75) is 30.6 Å². The number of amides is 2. The molecular weight excluding hydrogens is 396 g/mol. The van der Waals surface area contributed by atoms with Crippen LogP contribution >= 0.6 is 11.8 Å². The summed E-state index contributed by atoms with van der Waals surface area (Å²) >= 11 is 1.57. The van der Waals surface area contributed by atoms with Crippen LogP contribution in [0.2, 0.25) is 0 Å². The number of carbonyl (C=O) groups is 3. The van der Waals surface area contributed by atoms with Crippen LogP contribution in [0.5, 0.6) is 0 Å². The second kappa shape index (κ2) is 9.04. The molecule has 0 bridgehead atoms. The summed E-state index contributed by atoms with van der Waals surface area (Å²) in [7, 11) is 0. The van der Waals surface area contributed by atoms with Crippen LogP contribution in [-0.2, 0) is 4.79 Å². The minimum atomic E-state index is -0.181. The Bertz CT molecular complexity index is 974. The number of Topliss-reactive ketones (excluding diaryl/α,β-unsaturated/α-hetero) is 1. The number of piperidine rings is 1. The SMILES string of the molecule is CSc1ccccc1C(=O)C1CCCN(C(=O)c2cccc(N3CCCC3=O)c2)C1. The molecule has 2 aliphatic heterocycles. The van der Waals surface area contributed by atoms with E-state index < -0.39 is 0 Å². The molecule has 0 aliphatic carbocycles. The van der Waals surface area contributed by atoms with Crippen LogP contribution in [0.4, 0.5) is 5.69 Å². The monoisotopic (exact) mass is 422 g/mol. The van der Waals surface area contributed by atoms with Gasteiger partial charge in [0.05, 0.1) is 0 Å². The fourth-order valence-electron chi connectivity index (χ4n) is 4.35. The molecule has 6 heteroatoms. The Labute approximate surface area is 181 Å². The molecule has 1 unspecified atom stereocenters. The smallest absolute Gasteiger partial charge is 0.253 e. The van der Waals surface area contributed by atoms with Gasteiger partial charge in [-0.1, -0.05) is 24.3 Å². The van der Waals surface area contributed by atoms with Crippen LogP contribution in [0.25, 0.3) is 0 Å². The number of thioether (sulfide) groups is 1. The Kier molecular flexibility index (Phi) is 6.23. The Morgan fingerprint density at radius 1 is 1.03 bits per heavy atom. The van der Waals surface area contributed by atoms with E-state index in [0.717, 1.165) is 35.4 Å². The summed E-state index contributed by atoms with van der Waals surface area (Å²) in [6, 6.07) is 15.0. The third kappa shape index (κ3) is 4.15. The van der Waals surface area contributed by atoms with Crippen molar-refractivity contribution < 1.29 is 14.4 Å². The Morgan fingerprint density at radius 3 is 2.63 bits per heavy atom. The van der Waals surface area contributed by atoms with Gasteiger partial charge in [-0.3, -0.25) is 14.4 Å². The van der Waals surface area contributed by atoms with E-state index >= 15 is 0 Å². The molecule has 2 fully saturated rings. The van der Waals surface area contributed by atoms with Gasteiger partial charge in [-0.05, 0) is 49.8 Å². The Hall–Kier alpha value is -2.60. The normalized spacial score (nSPS) is 19.2. The van der Waals surface area contributed by atoms with E-state index in [1.165, 1.54) is 0 Å². The summed E-state index contributed by atoms with van der Waals surface area (Å²) in [5, 5.41) is 0. The lowest BCUT2D eigenvalue weighted by Crippen LogP contribution is -2.42. The molecule has 2 heterocycles. The van der Waals surface area contributed by atoms with Crippen molar-refractivity contribution in [3.8, 4) is 0 Å². The molecule has 30 heavy (non-hydrogen) atoms. The number of hydrogen-bond donors (Lipinski definition) is 0. The van der Waals surface area contributed by atoms with Crippen LogP contribution in [0.15, 0.2) is 53.4 Å². The van der Waals surface area contributed by atoms with Crippen molar-refractivity contribution in [1.29, 1.82) is 0 Å². The number of benzene rings is 2. The van der Waals surface area contributed by atoms with Gasteiger partial charge in [-0.25, -0.2) is 0 Å². The van der Waals surface area contributed by atoms with Gasteiger partial charge in [0, 0.05) is 53.7 Å². The predicted octanol–water partition coefficient (Wildman–Crippen LogP) is 4.27. The van der Waals surface area contributed by atoms with Crippen LogP contribution < -0.4 is 4.90 Å². The van der Waals surface area contributed by atoms with Crippen LogP contribution in [0.3, 0.4) is 0 Å². The molecule has 0 aromatic heterocycles. The van der Waals surface area contributed by atoms with E-state index in [2.05, 4.69) is 0 Å². The third-order valence-electron chi connectivity index (χ3n) is 5.93. The first-order valence-corrected chi connectivity index (χ1v) is 11.7. The van der Waals surface area contributed by atoms with E-state index in [4.69, 9.17) is 0 Å². The van der Waals surface area contributed by atoms with E-state index in [1.54, 1.807) is 33.7 Å². The highest BCUT2D eigenvalue weighted by Crippen LogP contribution is 2.28. The number of hydrogen-bond acceptors (Lipinski definition) is 4. The largest absolute Gasteiger partial charge is 0.338 e. The highest BCUT2D eigenvalue weighted by Gasteiger charge is 2.31. The van der Waals surface area contributed by atoms with Crippen LogP contribution in [0, 0.1) is 5.92 Å². The predicted molar refractivity (Wildman–Crippen MR) is 119 cm³/mol. The van der Waals surface area contributed by atoms with Gasteiger partial charge in [0.2, 0.25) is 5.91 Å². The highest BCUT2D eigenvalue weighted by atomic mass is 32.2. The maximum Gasteiger partial charge on any atom is 0.253 e. The molecule has 1 atom stereocenters. The lowest BCUT2D eigenvalue weighted by Gasteiger charge is -2.32. The fourth-order valence-corrected chi connectivity index (χ4v) is 4.96. The van der Waals surface area contributed by atoms with Gasteiger partial charge in [-0.2, -0.15) is 0 Å². The van der Waals surface area contributed by atoms with Gasteiger partial charge >= 0.3 is 0 Å². The fraction of sp³-hybridized carbons (Fsp3) is 0.375. The van der Waals surface area contributed by atoms with Crippen molar-refractivity contribution in [3.63, 3.8) is 0 Å². The topological polar surface area (TPSA) is 57.7 Å². The molecule has 4 rings (SSSR count). The van der Waals surface area contributed by atoms with Gasteiger partial charge in [-0.15, -0.1) is 11.8 Å². The van der Waals surface area contributed by atoms with Gasteiger partial charge in [0.15, 0.2) is 5.78 Å². The first kappa shape index (κ1) is 20.7. The van der Waals surface area contributed by atoms with Crippen molar-refractivity contribution in [2.24, 2.45) is 5.92 Å². The molecule has 2 amide bonds. The average Bonchev–Trinajstić information content (AvgIpc) is 3.24. The number of anilines is 1. The zero-order chi connectivity index (χ0) is 21.1. The first-order chi connectivity index (χ1) is 14.6. The lowest BCUT2D eigenvalue weighted by molar-refractivity contribution is -0.117. The van der Waals surface area contributed by atoms with Crippen LogP contribution in [0.1, 0.15) is 46.4 Å². The summed E-state index contributed by atoms with van der Waals surface area (Å²) in [5.74, 6) is -0.0250. The highest BCUT2D eigenvalue weighted by molar-refractivity contribution is 7.98. The van der Waals surface area contributed by atoms with E-state index in [-0.39, 0.29) is 23.5 Å². The first-order valence-electron chi connectivity index (χ1n) is 10.5. The Balaban J connectivity index is 1.50. The van der Waals surface area contributed by atoms with Crippen molar-refractivity contribution >= 4 is 35.0 Å². The summed E-state index contributed by atoms with van der Waals surface area (Å²) in [4.78, 5) is 42.9. The molecule has 2 aromatic rings. The van der Waals surface area contributed by atoms with E-state index in [0.29, 0.717) is 31.6 Å². The summed E-state index contributed by atoms with van der Waals surface area (Å²) in [5.41, 5.74) is 2.10. The zero-order valence-electron chi connectivity index (χ0n) is 17.2. The minimum Gasteiger partial charge on any atom is -0.338 e. The number of nitrogens with zero attached hydrogens (tertiary/aromatic N) is 2. The number of ketones is 1. The molecule has 0 spiro atoms. The maximum atomic E-state index is 13.2. The standard InChI is InChI=1S/C24H26N2O3S/c1-30-21-11-3-2-10-20(21)23(28)18-8-5-13-25(16-18)24(29)17-7-4-9-19(15-17)26-14-6-12-22(26)27/h2-4,7,9-11,15,18H,5-6,8,12-14,16H2,1H3. The van der Waals surface area contributed by atoms with Crippen LogP contribution in [-0.4, -0.2) is 48.4 Å². The number of carbonyl (C=O) groups excluding carboxylic acids is 3. The van der Waals surface area contributed by atoms with Crippen molar-refractivity contribution in [3.05, 3.63) is 59.7 Å². The second-order valence-corrected chi connectivity index (χ2v) is 8.70. The lowest BCUT2D eigenvalue weighted by atomic mass is 9.89. The summed E-state index contributed by atoms with van der Waals surface area (Å²) in [6.07, 6.45) is 5.00. The molecule has 0 saturated carbocycles. The van der Waals surface area contributed by atoms with Crippen molar-refractivity contribution in [1.82, 2.24) is 4.90 Å². The van der Waals surface area contributed by atoms with Gasteiger partial charge in [0.1, 0.15) is 0 Å². The van der Waals surface area contributed by atoms with Gasteiger partial charge in [0.25, 0.3) is 5.91 Å². The third-order valence-corrected chi connectivity index (χ3v) is 6.73. The molecule has 0 N–H and O–H groups in total. The van der Waals surface area contributed by atoms with E-state index in [9.17, 15) is 14.4 Å². The molecule has 156 valence electrons. The van der Waals surface area contributed by atoms with Gasteiger partial charge < -0.3 is 9.80 Å². The second-order valence-electron chi connectivity index (χ2n) is 7.85. The molecule has 5 nitrogen and oxygen atoms in total.